The average Bonchev–Trinajstić information content (AvgIpc) is 3.41. The van der Waals surface area contributed by atoms with Gasteiger partial charge in [0, 0.05) is 21.8 Å². The number of halogens is 2. The lowest BCUT2D eigenvalue weighted by Gasteiger charge is -2.29. The Hall–Kier alpha value is -3.56. The van der Waals surface area contributed by atoms with Gasteiger partial charge in [0.15, 0.2) is 0 Å². The molecule has 3 aliphatic rings. The van der Waals surface area contributed by atoms with Gasteiger partial charge in [-0.05, 0) is 66.6 Å². The number of nitrogens with zero attached hydrogens (tertiary/aromatic N) is 1. The van der Waals surface area contributed by atoms with E-state index in [-0.39, 0.29) is 5.75 Å². The highest BCUT2D eigenvalue weighted by molar-refractivity contribution is 9.10. The molecule has 3 N–H and O–H groups in total. The monoisotopic (exact) mass is 535 g/mol. The van der Waals surface area contributed by atoms with Gasteiger partial charge in [0.25, 0.3) is 0 Å². The number of anilines is 2. The van der Waals surface area contributed by atoms with Crippen molar-refractivity contribution < 1.29 is 23.9 Å². The van der Waals surface area contributed by atoms with Crippen LogP contribution in [0.15, 0.2) is 71.2 Å². The number of imide groups is 1. The number of phenols is 1. The van der Waals surface area contributed by atoms with E-state index in [1.807, 2.05) is 0 Å². The molecule has 2 fully saturated rings. The van der Waals surface area contributed by atoms with Gasteiger partial charge in [0.1, 0.15) is 17.1 Å². The molecule has 0 radical (unpaired) electrons. The third-order valence-electron chi connectivity index (χ3n) is 7.15. The van der Waals surface area contributed by atoms with Crippen LogP contribution in [0.1, 0.15) is 11.1 Å². The van der Waals surface area contributed by atoms with E-state index in [1.165, 1.54) is 18.2 Å². The molecule has 0 unspecified atom stereocenters. The zero-order valence-corrected chi connectivity index (χ0v) is 19.8. The van der Waals surface area contributed by atoms with E-state index in [0.717, 1.165) is 14.9 Å². The second-order valence-corrected chi connectivity index (χ2v) is 9.98. The second kappa shape index (κ2) is 7.73. The van der Waals surface area contributed by atoms with E-state index in [9.17, 15) is 23.9 Å². The third-order valence-corrected chi connectivity index (χ3v) is 7.68. The maximum absolute atomic E-state index is 14.3. The molecule has 4 atom stereocenters. The number of rotatable bonds is 3. The summed E-state index contributed by atoms with van der Waals surface area (Å²) < 4.78 is 15.1. The SMILES string of the molecule is O=C1[C@H]2[C@@H](C(=O)N1c1ccc(Br)cc1)[C@]1(N[C@@H]2Cc2ccc(O)cc2)C(=O)Nc2ccc(F)cc21. The van der Waals surface area contributed by atoms with Crippen molar-refractivity contribution in [2.45, 2.75) is 18.0 Å². The number of phenolic OH excluding ortho intramolecular Hbond substituents is 1. The number of carbonyl (C=O) groups is 3. The Morgan fingerprint density at radius 2 is 1.69 bits per heavy atom. The lowest BCUT2D eigenvalue weighted by molar-refractivity contribution is -0.130. The molecule has 0 aliphatic carbocycles. The Labute approximate surface area is 208 Å². The van der Waals surface area contributed by atoms with Gasteiger partial charge < -0.3 is 10.4 Å². The molecule has 2 saturated heterocycles. The Bertz CT molecular complexity index is 1390. The first-order valence-electron chi connectivity index (χ1n) is 11.1. The number of carbonyl (C=O) groups excluding carboxylic acids is 3. The number of nitrogens with one attached hydrogen (secondary N) is 2. The van der Waals surface area contributed by atoms with Crippen molar-refractivity contribution in [3.8, 4) is 5.75 Å². The normalized spacial score (nSPS) is 26.9. The van der Waals surface area contributed by atoms with Crippen molar-refractivity contribution in [2.75, 3.05) is 10.2 Å². The molecule has 9 heteroatoms. The molecule has 7 nitrogen and oxygen atoms in total. The summed E-state index contributed by atoms with van der Waals surface area (Å²) in [5.74, 6) is -3.73. The fourth-order valence-corrected chi connectivity index (χ4v) is 5.94. The van der Waals surface area contributed by atoms with Crippen molar-refractivity contribution in [1.82, 2.24) is 5.32 Å². The van der Waals surface area contributed by atoms with Crippen LogP contribution in [-0.2, 0) is 26.3 Å². The van der Waals surface area contributed by atoms with Crippen molar-refractivity contribution in [2.24, 2.45) is 11.8 Å². The number of aromatic hydroxyl groups is 1. The molecule has 3 aromatic rings. The molecule has 35 heavy (non-hydrogen) atoms. The lowest BCUT2D eigenvalue weighted by atomic mass is 9.76. The van der Waals surface area contributed by atoms with Crippen LogP contribution in [0.4, 0.5) is 15.8 Å². The molecule has 6 rings (SSSR count). The quantitative estimate of drug-likeness (QED) is 0.446. The molecular formula is C26H19BrFN3O4. The first kappa shape index (κ1) is 21.9. The molecule has 176 valence electrons. The maximum Gasteiger partial charge on any atom is 0.250 e. The van der Waals surface area contributed by atoms with Gasteiger partial charge in [-0.2, -0.15) is 0 Å². The second-order valence-electron chi connectivity index (χ2n) is 9.07. The molecule has 0 aromatic heterocycles. The molecule has 0 saturated carbocycles. The van der Waals surface area contributed by atoms with Crippen LogP contribution in [0, 0.1) is 17.7 Å². The van der Waals surface area contributed by atoms with Crippen LogP contribution in [0.25, 0.3) is 0 Å². The first-order valence-corrected chi connectivity index (χ1v) is 11.9. The Kier molecular flexibility index (Phi) is 4.84. The van der Waals surface area contributed by atoms with Crippen LogP contribution in [0.2, 0.25) is 0 Å². The number of hydrogen-bond donors (Lipinski definition) is 3. The largest absolute Gasteiger partial charge is 0.508 e. The fraction of sp³-hybridized carbons (Fsp3) is 0.192. The van der Waals surface area contributed by atoms with E-state index in [4.69, 9.17) is 0 Å². The lowest BCUT2D eigenvalue weighted by Crippen LogP contribution is -2.53. The molecule has 3 aromatic carbocycles. The summed E-state index contributed by atoms with van der Waals surface area (Å²) in [5.41, 5.74) is 0.380. The van der Waals surface area contributed by atoms with Gasteiger partial charge in [-0.3, -0.25) is 19.7 Å². The summed E-state index contributed by atoms with van der Waals surface area (Å²) in [6.07, 6.45) is 0.328. The van der Waals surface area contributed by atoms with E-state index in [2.05, 4.69) is 26.6 Å². The Morgan fingerprint density at radius 1 is 0.971 bits per heavy atom. The predicted molar refractivity (Wildman–Crippen MR) is 129 cm³/mol. The van der Waals surface area contributed by atoms with E-state index >= 15 is 0 Å². The van der Waals surface area contributed by atoms with Gasteiger partial charge in [0.2, 0.25) is 17.7 Å². The number of hydrogen-bond acceptors (Lipinski definition) is 5. The van der Waals surface area contributed by atoms with E-state index in [1.54, 1.807) is 48.5 Å². The molecule has 3 amide bonds. The summed E-state index contributed by atoms with van der Waals surface area (Å²) in [6, 6.07) is 16.7. The van der Waals surface area contributed by atoms with E-state index < -0.39 is 47.0 Å². The molecule has 3 heterocycles. The van der Waals surface area contributed by atoms with Crippen LogP contribution >= 0.6 is 15.9 Å². The smallest absolute Gasteiger partial charge is 0.250 e. The average molecular weight is 536 g/mol. The Morgan fingerprint density at radius 3 is 2.40 bits per heavy atom. The van der Waals surface area contributed by atoms with Crippen molar-refractivity contribution in [3.05, 3.63) is 88.1 Å². The van der Waals surface area contributed by atoms with Crippen LogP contribution < -0.4 is 15.5 Å². The summed E-state index contributed by atoms with van der Waals surface area (Å²) in [6.45, 7) is 0. The minimum atomic E-state index is -1.58. The van der Waals surface area contributed by atoms with Gasteiger partial charge in [0.05, 0.1) is 17.5 Å². The van der Waals surface area contributed by atoms with Crippen LogP contribution in [0.5, 0.6) is 5.75 Å². The summed E-state index contributed by atoms with van der Waals surface area (Å²) >= 11 is 3.36. The summed E-state index contributed by atoms with van der Waals surface area (Å²) in [4.78, 5) is 42.3. The Balaban J connectivity index is 1.49. The minimum absolute atomic E-state index is 0.107. The molecule has 3 aliphatic heterocycles. The van der Waals surface area contributed by atoms with Gasteiger partial charge in [-0.15, -0.1) is 0 Å². The minimum Gasteiger partial charge on any atom is -0.508 e. The van der Waals surface area contributed by atoms with Crippen molar-refractivity contribution in [1.29, 1.82) is 0 Å². The predicted octanol–water partition coefficient (Wildman–Crippen LogP) is 3.46. The topological polar surface area (TPSA) is 98.7 Å². The van der Waals surface area contributed by atoms with Gasteiger partial charge >= 0.3 is 0 Å². The summed E-state index contributed by atoms with van der Waals surface area (Å²) in [5, 5.41) is 15.7. The fourth-order valence-electron chi connectivity index (χ4n) is 5.68. The first-order chi connectivity index (χ1) is 16.8. The van der Waals surface area contributed by atoms with Crippen LogP contribution in [0.3, 0.4) is 0 Å². The van der Waals surface area contributed by atoms with Gasteiger partial charge in [-0.1, -0.05) is 28.1 Å². The van der Waals surface area contributed by atoms with E-state index in [0.29, 0.717) is 23.4 Å². The standard InChI is InChI=1S/C26H19BrFN3O4/c27-14-3-6-16(7-4-14)31-23(33)21-20(11-13-1-8-17(32)9-2-13)30-26(22(21)24(31)34)18-12-15(28)5-10-19(18)29-25(26)35/h1-10,12,20-22,30,32H,11H2,(H,29,35)/t20-,21-,22+,26+/m1/s1. The summed E-state index contributed by atoms with van der Waals surface area (Å²) in [7, 11) is 0. The zero-order valence-electron chi connectivity index (χ0n) is 18.2. The highest BCUT2D eigenvalue weighted by Crippen LogP contribution is 2.54. The maximum atomic E-state index is 14.3. The number of benzene rings is 3. The highest BCUT2D eigenvalue weighted by atomic mass is 79.9. The molecular weight excluding hydrogens is 517 g/mol. The van der Waals surface area contributed by atoms with Crippen molar-refractivity contribution in [3.63, 3.8) is 0 Å². The van der Waals surface area contributed by atoms with Crippen LogP contribution in [-0.4, -0.2) is 28.9 Å². The third kappa shape index (κ3) is 3.15. The molecule has 1 spiro atoms. The highest BCUT2D eigenvalue weighted by Gasteiger charge is 2.70. The van der Waals surface area contributed by atoms with Gasteiger partial charge in [-0.25, -0.2) is 9.29 Å². The number of fused-ring (bicyclic) bond motifs is 4. The molecule has 0 bridgehead atoms. The zero-order chi connectivity index (χ0) is 24.5. The number of amides is 3. The van der Waals surface area contributed by atoms with Crippen molar-refractivity contribution >= 4 is 45.0 Å².